The number of benzene rings is 1. The smallest absolute Gasteiger partial charge is 0.126 e. The van der Waals surface area contributed by atoms with Crippen molar-refractivity contribution in [1.29, 1.82) is 0 Å². The Morgan fingerprint density at radius 3 is 2.96 bits per heavy atom. The van der Waals surface area contributed by atoms with E-state index in [1.807, 2.05) is 30.3 Å². The molecule has 25 heavy (non-hydrogen) atoms. The Morgan fingerprint density at radius 1 is 1.20 bits per heavy atom. The quantitative estimate of drug-likeness (QED) is 0.589. The van der Waals surface area contributed by atoms with Gasteiger partial charge in [0.15, 0.2) is 0 Å². The number of nitrogens with one attached hydrogen (secondary N) is 1. The number of nitrogens with zero attached hydrogens (tertiary/aromatic N) is 1. The molecule has 4 heterocycles. The summed E-state index contributed by atoms with van der Waals surface area (Å²) in [6.07, 6.45) is 6.14. The second-order valence-corrected chi connectivity index (χ2v) is 6.52. The molecule has 5 heteroatoms. The highest BCUT2D eigenvalue weighted by Gasteiger charge is 2.33. The van der Waals surface area contributed by atoms with E-state index >= 15 is 0 Å². The van der Waals surface area contributed by atoms with E-state index in [-0.39, 0.29) is 6.04 Å². The van der Waals surface area contributed by atoms with Gasteiger partial charge in [0.2, 0.25) is 0 Å². The lowest BCUT2D eigenvalue weighted by Crippen LogP contribution is -2.35. The molecule has 1 unspecified atom stereocenters. The SMILES string of the molecule is Oc1ccc2[nH]c3c(c2c1)CCN(Cc1ccoc1)C3c1ccco1. The molecular weight excluding hydrogens is 316 g/mol. The van der Waals surface area contributed by atoms with Gasteiger partial charge in [-0.15, -0.1) is 0 Å². The van der Waals surface area contributed by atoms with E-state index in [9.17, 15) is 5.11 Å². The van der Waals surface area contributed by atoms with Gasteiger partial charge < -0.3 is 18.9 Å². The van der Waals surface area contributed by atoms with Gasteiger partial charge in [-0.3, -0.25) is 4.90 Å². The fraction of sp³-hybridized carbons (Fsp3) is 0.200. The number of aromatic hydroxyl groups is 1. The van der Waals surface area contributed by atoms with E-state index < -0.39 is 0 Å². The number of hydrogen-bond donors (Lipinski definition) is 2. The number of hydrogen-bond acceptors (Lipinski definition) is 4. The van der Waals surface area contributed by atoms with Crippen molar-refractivity contribution in [3.63, 3.8) is 0 Å². The first-order chi connectivity index (χ1) is 12.3. The minimum Gasteiger partial charge on any atom is -0.508 e. The van der Waals surface area contributed by atoms with Crippen molar-refractivity contribution in [2.45, 2.75) is 19.0 Å². The Morgan fingerprint density at radius 2 is 2.16 bits per heavy atom. The number of phenolic OH excluding ortho intramolecular Hbond substituents is 1. The van der Waals surface area contributed by atoms with Gasteiger partial charge in [-0.2, -0.15) is 0 Å². The Labute approximate surface area is 144 Å². The fourth-order valence-corrected chi connectivity index (χ4v) is 3.88. The lowest BCUT2D eigenvalue weighted by Gasteiger charge is -2.34. The molecule has 0 radical (unpaired) electrons. The van der Waals surface area contributed by atoms with Crippen LogP contribution in [0.3, 0.4) is 0 Å². The minimum absolute atomic E-state index is 0.0168. The van der Waals surface area contributed by atoms with Gasteiger partial charge in [-0.05, 0) is 48.4 Å². The van der Waals surface area contributed by atoms with E-state index in [1.54, 1.807) is 24.9 Å². The molecule has 1 atom stereocenters. The second-order valence-electron chi connectivity index (χ2n) is 6.52. The molecule has 1 aliphatic heterocycles. The van der Waals surface area contributed by atoms with Crippen LogP contribution in [0.1, 0.15) is 28.6 Å². The van der Waals surface area contributed by atoms with Gasteiger partial charge in [0.1, 0.15) is 17.6 Å². The summed E-state index contributed by atoms with van der Waals surface area (Å²) in [6, 6.07) is 11.5. The summed E-state index contributed by atoms with van der Waals surface area (Å²) in [5, 5.41) is 11.0. The number of phenols is 1. The molecule has 4 aromatic rings. The van der Waals surface area contributed by atoms with Gasteiger partial charge in [-0.1, -0.05) is 0 Å². The first-order valence-corrected chi connectivity index (χ1v) is 8.41. The van der Waals surface area contributed by atoms with E-state index in [0.29, 0.717) is 5.75 Å². The third-order valence-corrected chi connectivity index (χ3v) is 4.99. The van der Waals surface area contributed by atoms with Crippen LogP contribution in [-0.4, -0.2) is 21.5 Å². The van der Waals surface area contributed by atoms with Gasteiger partial charge in [-0.25, -0.2) is 0 Å². The van der Waals surface area contributed by atoms with Crippen molar-refractivity contribution >= 4 is 10.9 Å². The zero-order valence-corrected chi connectivity index (χ0v) is 13.6. The lowest BCUT2D eigenvalue weighted by molar-refractivity contribution is 0.180. The summed E-state index contributed by atoms with van der Waals surface area (Å²) in [5.41, 5.74) is 4.60. The monoisotopic (exact) mass is 334 g/mol. The molecule has 2 N–H and O–H groups in total. The number of aromatic nitrogens is 1. The average Bonchev–Trinajstić information content (AvgIpc) is 3.35. The topological polar surface area (TPSA) is 65.5 Å². The van der Waals surface area contributed by atoms with Crippen LogP contribution in [0, 0.1) is 0 Å². The highest BCUT2D eigenvalue weighted by Crippen LogP contribution is 2.39. The van der Waals surface area contributed by atoms with Gasteiger partial charge in [0, 0.05) is 35.2 Å². The third kappa shape index (κ3) is 2.36. The zero-order valence-electron chi connectivity index (χ0n) is 13.6. The highest BCUT2D eigenvalue weighted by atomic mass is 16.3. The second kappa shape index (κ2) is 5.57. The maximum absolute atomic E-state index is 9.87. The molecule has 0 amide bonds. The molecule has 0 fully saturated rings. The Hall–Kier alpha value is -2.92. The molecule has 0 saturated carbocycles. The average molecular weight is 334 g/mol. The van der Waals surface area contributed by atoms with E-state index in [0.717, 1.165) is 47.4 Å². The molecule has 1 aliphatic rings. The number of furan rings is 2. The Balaban J connectivity index is 1.64. The van der Waals surface area contributed by atoms with Crippen molar-refractivity contribution < 1.29 is 13.9 Å². The van der Waals surface area contributed by atoms with Crippen LogP contribution < -0.4 is 0 Å². The van der Waals surface area contributed by atoms with Crippen LogP contribution in [0.25, 0.3) is 10.9 Å². The summed E-state index contributed by atoms with van der Waals surface area (Å²) < 4.78 is 11.0. The lowest BCUT2D eigenvalue weighted by atomic mass is 9.95. The Bertz CT molecular complexity index is 999. The summed E-state index contributed by atoms with van der Waals surface area (Å²) in [5.74, 6) is 1.21. The van der Waals surface area contributed by atoms with Crippen LogP contribution in [-0.2, 0) is 13.0 Å². The molecule has 0 bridgehead atoms. The fourth-order valence-electron chi connectivity index (χ4n) is 3.88. The predicted molar refractivity (Wildman–Crippen MR) is 93.3 cm³/mol. The molecule has 0 spiro atoms. The maximum atomic E-state index is 9.87. The first-order valence-electron chi connectivity index (χ1n) is 8.41. The summed E-state index contributed by atoms with van der Waals surface area (Å²) in [6.45, 7) is 1.70. The molecule has 5 nitrogen and oxygen atoms in total. The molecule has 1 aromatic carbocycles. The van der Waals surface area contributed by atoms with Gasteiger partial charge in [0.05, 0.1) is 18.8 Å². The van der Waals surface area contributed by atoms with Crippen molar-refractivity contribution in [1.82, 2.24) is 9.88 Å². The predicted octanol–water partition coefficient (Wildman–Crippen LogP) is 4.21. The largest absolute Gasteiger partial charge is 0.508 e. The van der Waals surface area contributed by atoms with E-state index in [4.69, 9.17) is 8.83 Å². The first kappa shape index (κ1) is 14.4. The van der Waals surface area contributed by atoms with Crippen molar-refractivity contribution in [3.8, 4) is 5.75 Å². The highest BCUT2D eigenvalue weighted by molar-refractivity contribution is 5.86. The number of rotatable bonds is 3. The van der Waals surface area contributed by atoms with E-state index in [2.05, 4.69) is 9.88 Å². The van der Waals surface area contributed by atoms with Crippen molar-refractivity contribution in [3.05, 3.63) is 77.8 Å². The van der Waals surface area contributed by atoms with Crippen LogP contribution in [0.4, 0.5) is 0 Å². The Kier molecular flexibility index (Phi) is 3.21. The summed E-state index contributed by atoms with van der Waals surface area (Å²) in [7, 11) is 0. The number of aromatic amines is 1. The van der Waals surface area contributed by atoms with Gasteiger partial charge in [0.25, 0.3) is 0 Å². The van der Waals surface area contributed by atoms with Crippen molar-refractivity contribution in [2.75, 3.05) is 6.54 Å². The summed E-state index contributed by atoms with van der Waals surface area (Å²) >= 11 is 0. The third-order valence-electron chi connectivity index (χ3n) is 4.99. The van der Waals surface area contributed by atoms with Crippen LogP contribution in [0.2, 0.25) is 0 Å². The molecule has 5 rings (SSSR count). The number of fused-ring (bicyclic) bond motifs is 3. The molecule has 0 aliphatic carbocycles. The molecule has 126 valence electrons. The molecule has 3 aromatic heterocycles. The normalized spacial score (nSPS) is 17.8. The zero-order chi connectivity index (χ0) is 16.8. The van der Waals surface area contributed by atoms with Crippen molar-refractivity contribution in [2.24, 2.45) is 0 Å². The van der Waals surface area contributed by atoms with Crippen LogP contribution >= 0.6 is 0 Å². The molecular formula is C20H18N2O3. The van der Waals surface area contributed by atoms with Crippen LogP contribution in [0.15, 0.2) is 64.0 Å². The minimum atomic E-state index is 0.0168. The molecule has 0 saturated heterocycles. The van der Waals surface area contributed by atoms with Gasteiger partial charge >= 0.3 is 0 Å². The summed E-state index contributed by atoms with van der Waals surface area (Å²) in [4.78, 5) is 5.95. The standard InChI is InChI=1S/C20H18N2O3/c23-14-3-4-17-16(10-14)15-5-7-22(11-13-6-9-24-12-13)20(19(15)21-17)18-2-1-8-25-18/h1-4,6,8-10,12,20-21,23H,5,7,11H2. The van der Waals surface area contributed by atoms with Crippen LogP contribution in [0.5, 0.6) is 5.75 Å². The maximum Gasteiger partial charge on any atom is 0.126 e. The number of H-pyrrole nitrogens is 1. The van der Waals surface area contributed by atoms with E-state index in [1.165, 1.54) is 5.56 Å².